The van der Waals surface area contributed by atoms with Gasteiger partial charge in [-0.15, -0.1) is 0 Å². The summed E-state index contributed by atoms with van der Waals surface area (Å²) < 4.78 is 8.64. The number of methoxy groups -OCH3 is 1. The molecule has 5 heteroatoms. The molecule has 2 N–H and O–H groups in total. The lowest BCUT2D eigenvalue weighted by Gasteiger charge is -2.05. The summed E-state index contributed by atoms with van der Waals surface area (Å²) in [4.78, 5) is 12.1. The summed E-state index contributed by atoms with van der Waals surface area (Å²) in [6.45, 7) is 3.88. The highest BCUT2D eigenvalue weighted by atomic mass is 16.5. The maximum Gasteiger partial charge on any atom is 0.262 e. The molecule has 0 saturated heterocycles. The van der Waals surface area contributed by atoms with E-state index in [4.69, 9.17) is 10.5 Å². The lowest BCUT2D eigenvalue weighted by atomic mass is 10.3. The van der Waals surface area contributed by atoms with Crippen molar-refractivity contribution in [2.24, 2.45) is 0 Å². The molecular weight excluding hydrogens is 218 g/mol. The van der Waals surface area contributed by atoms with E-state index < -0.39 is 0 Å². The molecule has 92 valence electrons. The average Bonchev–Trinajstić information content (AvgIpc) is 2.65. The van der Waals surface area contributed by atoms with E-state index in [2.05, 4.69) is 0 Å². The number of aryl methyl sites for hydroxylation is 1. The highest BCUT2D eigenvalue weighted by Gasteiger charge is 2.10. The molecule has 0 bridgehead atoms. The normalized spacial score (nSPS) is 11.2. The number of nitrogen functional groups attached to an aromatic ring is 1. The third kappa shape index (κ3) is 1.93. The summed E-state index contributed by atoms with van der Waals surface area (Å²) in [5.41, 5.74) is 7.27. The topological polar surface area (TPSA) is 62.2 Å². The van der Waals surface area contributed by atoms with Crippen molar-refractivity contribution in [2.75, 3.05) is 19.5 Å². The Labute approximate surface area is 99.4 Å². The van der Waals surface area contributed by atoms with E-state index in [-0.39, 0.29) is 5.56 Å². The number of hydrogen-bond donors (Lipinski definition) is 1. The average molecular weight is 235 g/mol. The summed E-state index contributed by atoms with van der Waals surface area (Å²) in [6.07, 6.45) is 3.60. The number of aromatic nitrogens is 2. The fourth-order valence-corrected chi connectivity index (χ4v) is 2.00. The van der Waals surface area contributed by atoms with Crippen molar-refractivity contribution in [3.05, 3.63) is 28.8 Å². The number of rotatable bonds is 4. The Hall–Kier alpha value is -1.75. The van der Waals surface area contributed by atoms with Crippen LogP contribution in [0.1, 0.15) is 6.92 Å². The SMILES string of the molecule is CCn1ccc2c(c(N)cn2CCOC)c1=O. The first-order chi connectivity index (χ1) is 8.19. The minimum atomic E-state index is -0.0290. The van der Waals surface area contributed by atoms with E-state index in [9.17, 15) is 4.79 Å². The Kier molecular flexibility index (Phi) is 3.19. The Morgan fingerprint density at radius 2 is 2.18 bits per heavy atom. The predicted octanol–water partition coefficient (Wildman–Crippen LogP) is 1.05. The molecule has 0 radical (unpaired) electrons. The fourth-order valence-electron chi connectivity index (χ4n) is 2.00. The van der Waals surface area contributed by atoms with Gasteiger partial charge in [-0.2, -0.15) is 0 Å². The predicted molar refractivity (Wildman–Crippen MR) is 68.2 cm³/mol. The number of ether oxygens (including phenoxy) is 1. The first kappa shape index (κ1) is 11.7. The number of anilines is 1. The van der Waals surface area contributed by atoms with Crippen LogP contribution in [0.5, 0.6) is 0 Å². The molecule has 0 aliphatic carbocycles. The van der Waals surface area contributed by atoms with Crippen LogP contribution in [0.25, 0.3) is 10.9 Å². The molecule has 0 aromatic carbocycles. The van der Waals surface area contributed by atoms with Gasteiger partial charge in [-0.25, -0.2) is 0 Å². The first-order valence-corrected chi connectivity index (χ1v) is 5.65. The molecule has 2 rings (SSSR count). The monoisotopic (exact) mass is 235 g/mol. The molecule has 0 fully saturated rings. The van der Waals surface area contributed by atoms with Crippen LogP contribution in [-0.2, 0) is 17.8 Å². The van der Waals surface area contributed by atoms with Gasteiger partial charge in [-0.1, -0.05) is 0 Å². The van der Waals surface area contributed by atoms with Gasteiger partial charge in [0.25, 0.3) is 5.56 Å². The molecule has 0 aliphatic heterocycles. The van der Waals surface area contributed by atoms with Crippen LogP contribution in [0, 0.1) is 0 Å². The highest BCUT2D eigenvalue weighted by Crippen LogP contribution is 2.19. The molecular formula is C12H17N3O2. The molecule has 0 saturated carbocycles. The molecule has 0 unspecified atom stereocenters. The van der Waals surface area contributed by atoms with E-state index in [1.165, 1.54) is 0 Å². The van der Waals surface area contributed by atoms with E-state index in [1.807, 2.05) is 17.6 Å². The van der Waals surface area contributed by atoms with Crippen molar-refractivity contribution in [1.29, 1.82) is 0 Å². The largest absolute Gasteiger partial charge is 0.397 e. The lowest BCUT2D eigenvalue weighted by Crippen LogP contribution is -2.18. The standard InChI is InChI=1S/C12H17N3O2/c1-3-14-5-4-10-11(12(14)16)9(13)8-15(10)6-7-17-2/h4-5,8H,3,6-7,13H2,1-2H3. The second kappa shape index (κ2) is 4.63. The zero-order chi connectivity index (χ0) is 12.4. The van der Waals surface area contributed by atoms with Crippen LogP contribution in [-0.4, -0.2) is 22.9 Å². The van der Waals surface area contributed by atoms with Gasteiger partial charge >= 0.3 is 0 Å². The van der Waals surface area contributed by atoms with Crippen LogP contribution in [0.3, 0.4) is 0 Å². The Balaban J connectivity index is 2.61. The van der Waals surface area contributed by atoms with E-state index in [1.54, 1.807) is 24.1 Å². The minimum Gasteiger partial charge on any atom is -0.397 e. The highest BCUT2D eigenvalue weighted by molar-refractivity contribution is 5.90. The second-order valence-electron chi connectivity index (χ2n) is 3.94. The molecule has 5 nitrogen and oxygen atoms in total. The first-order valence-electron chi connectivity index (χ1n) is 5.65. The van der Waals surface area contributed by atoms with Crippen LogP contribution in [0.2, 0.25) is 0 Å². The van der Waals surface area contributed by atoms with E-state index in [0.717, 1.165) is 5.52 Å². The summed E-state index contributed by atoms with van der Waals surface area (Å²) in [6, 6.07) is 1.92. The maximum absolute atomic E-state index is 12.1. The molecule has 2 heterocycles. The maximum atomic E-state index is 12.1. The molecule has 2 aromatic heterocycles. The van der Waals surface area contributed by atoms with Gasteiger partial charge < -0.3 is 19.6 Å². The van der Waals surface area contributed by atoms with Crippen molar-refractivity contribution < 1.29 is 4.74 Å². The second-order valence-corrected chi connectivity index (χ2v) is 3.94. The van der Waals surface area contributed by atoms with E-state index in [0.29, 0.717) is 30.8 Å². The van der Waals surface area contributed by atoms with Crippen molar-refractivity contribution in [3.63, 3.8) is 0 Å². The van der Waals surface area contributed by atoms with Crippen LogP contribution in [0.15, 0.2) is 23.3 Å². The molecule has 17 heavy (non-hydrogen) atoms. The number of nitrogens with two attached hydrogens (primary N) is 1. The lowest BCUT2D eigenvalue weighted by molar-refractivity contribution is 0.188. The summed E-state index contributed by atoms with van der Waals surface area (Å²) in [5.74, 6) is 0. The van der Waals surface area contributed by atoms with Crippen LogP contribution < -0.4 is 11.3 Å². The number of fused-ring (bicyclic) bond motifs is 1. The Morgan fingerprint density at radius 1 is 1.41 bits per heavy atom. The minimum absolute atomic E-state index is 0.0290. The number of nitrogens with zero attached hydrogens (tertiary/aromatic N) is 2. The molecule has 0 aliphatic rings. The van der Waals surface area contributed by atoms with Crippen molar-refractivity contribution in [2.45, 2.75) is 20.0 Å². The van der Waals surface area contributed by atoms with Gasteiger partial charge in [0.05, 0.1) is 23.2 Å². The van der Waals surface area contributed by atoms with Crippen molar-refractivity contribution in [3.8, 4) is 0 Å². The molecule has 0 amide bonds. The summed E-state index contributed by atoms with van der Waals surface area (Å²) in [7, 11) is 1.65. The number of hydrogen-bond acceptors (Lipinski definition) is 3. The van der Waals surface area contributed by atoms with Gasteiger partial charge in [-0.3, -0.25) is 4.79 Å². The third-order valence-electron chi connectivity index (χ3n) is 2.91. The summed E-state index contributed by atoms with van der Waals surface area (Å²) >= 11 is 0. The van der Waals surface area contributed by atoms with Gasteiger partial charge in [0.1, 0.15) is 0 Å². The molecule has 0 spiro atoms. The van der Waals surface area contributed by atoms with Gasteiger partial charge in [0.2, 0.25) is 0 Å². The quantitative estimate of drug-likeness (QED) is 0.861. The van der Waals surface area contributed by atoms with Crippen molar-refractivity contribution >= 4 is 16.6 Å². The van der Waals surface area contributed by atoms with Crippen LogP contribution >= 0.6 is 0 Å². The Bertz CT molecular complexity index is 583. The number of pyridine rings is 1. The van der Waals surface area contributed by atoms with Gasteiger partial charge in [0, 0.05) is 32.6 Å². The smallest absolute Gasteiger partial charge is 0.262 e. The third-order valence-corrected chi connectivity index (χ3v) is 2.91. The van der Waals surface area contributed by atoms with Gasteiger partial charge in [0.15, 0.2) is 0 Å². The van der Waals surface area contributed by atoms with Crippen LogP contribution in [0.4, 0.5) is 5.69 Å². The molecule has 0 atom stereocenters. The fraction of sp³-hybridized carbons (Fsp3) is 0.417. The van der Waals surface area contributed by atoms with Gasteiger partial charge in [-0.05, 0) is 13.0 Å². The molecule has 2 aromatic rings. The zero-order valence-corrected chi connectivity index (χ0v) is 10.1. The Morgan fingerprint density at radius 3 is 2.82 bits per heavy atom. The van der Waals surface area contributed by atoms with Crippen molar-refractivity contribution in [1.82, 2.24) is 9.13 Å². The zero-order valence-electron chi connectivity index (χ0n) is 10.1. The summed E-state index contributed by atoms with van der Waals surface area (Å²) in [5, 5.41) is 0.602. The van der Waals surface area contributed by atoms with E-state index >= 15 is 0 Å².